The molecule has 0 saturated heterocycles. The first-order chi connectivity index (χ1) is 16.9. The van der Waals surface area contributed by atoms with Crippen molar-refractivity contribution < 1.29 is 19.1 Å². The van der Waals surface area contributed by atoms with E-state index in [-0.39, 0.29) is 24.0 Å². The third-order valence-corrected chi connectivity index (χ3v) is 6.68. The maximum Gasteiger partial charge on any atom is 0.327 e. The van der Waals surface area contributed by atoms with E-state index >= 15 is 0 Å². The monoisotopic (exact) mass is 480 g/mol. The quantitative estimate of drug-likeness (QED) is 0.517. The van der Waals surface area contributed by atoms with Crippen molar-refractivity contribution in [2.24, 2.45) is 0 Å². The summed E-state index contributed by atoms with van der Waals surface area (Å²) < 4.78 is 11.0. The second-order valence-electron chi connectivity index (χ2n) is 8.82. The van der Waals surface area contributed by atoms with E-state index in [2.05, 4.69) is 32.5 Å². The highest BCUT2D eigenvalue weighted by Gasteiger charge is 2.31. The molecule has 1 saturated carbocycles. The number of urea groups is 1. The Bertz CT molecular complexity index is 1120. The van der Waals surface area contributed by atoms with E-state index in [4.69, 9.17) is 9.47 Å². The summed E-state index contributed by atoms with van der Waals surface area (Å²) in [4.78, 5) is 35.7. The number of ether oxygens (including phenoxy) is 2. The summed E-state index contributed by atoms with van der Waals surface area (Å²) >= 11 is 0. The molecule has 10 heteroatoms. The van der Waals surface area contributed by atoms with Crippen LogP contribution in [0.3, 0.4) is 0 Å². The molecule has 0 bridgehead atoms. The molecule has 0 spiro atoms. The average Bonchev–Trinajstić information content (AvgIpc) is 2.85. The normalized spacial score (nSPS) is 19.3. The summed E-state index contributed by atoms with van der Waals surface area (Å²) in [6.45, 7) is 7.67. The predicted molar refractivity (Wildman–Crippen MR) is 134 cm³/mol. The van der Waals surface area contributed by atoms with Gasteiger partial charge in [0.2, 0.25) is 11.9 Å². The SMILES string of the molecule is C=CC(=O)NC1CCCCC1Nc1ncc2c(n1)NC(=O)N(c1c(C)c(OC)cc(OC)c1C)C2. The summed E-state index contributed by atoms with van der Waals surface area (Å²) in [6.07, 6.45) is 6.86. The van der Waals surface area contributed by atoms with Crippen LogP contribution in [-0.4, -0.2) is 48.2 Å². The molecule has 1 fully saturated rings. The number of amides is 3. The molecule has 3 N–H and O–H groups in total. The summed E-state index contributed by atoms with van der Waals surface area (Å²) in [7, 11) is 3.18. The second kappa shape index (κ2) is 10.2. The Labute approximate surface area is 205 Å². The van der Waals surface area contributed by atoms with Crippen LogP contribution in [-0.2, 0) is 11.3 Å². The van der Waals surface area contributed by atoms with Gasteiger partial charge in [0.05, 0.1) is 26.5 Å². The molecule has 2 atom stereocenters. The van der Waals surface area contributed by atoms with Crippen LogP contribution in [0.4, 0.5) is 22.2 Å². The molecule has 10 nitrogen and oxygen atoms in total. The Morgan fingerprint density at radius 2 is 1.83 bits per heavy atom. The average molecular weight is 481 g/mol. The van der Waals surface area contributed by atoms with Crippen LogP contribution < -0.4 is 30.3 Å². The van der Waals surface area contributed by atoms with Gasteiger partial charge < -0.3 is 20.1 Å². The lowest BCUT2D eigenvalue weighted by Gasteiger charge is -2.33. The molecule has 1 aliphatic heterocycles. The van der Waals surface area contributed by atoms with E-state index in [9.17, 15) is 9.59 Å². The number of fused-ring (bicyclic) bond motifs is 1. The lowest BCUT2D eigenvalue weighted by Crippen LogP contribution is -2.48. The van der Waals surface area contributed by atoms with Gasteiger partial charge in [-0.05, 0) is 32.8 Å². The van der Waals surface area contributed by atoms with Crippen LogP contribution in [0, 0.1) is 13.8 Å². The maximum atomic E-state index is 13.2. The van der Waals surface area contributed by atoms with E-state index in [0.717, 1.165) is 48.1 Å². The number of hydrogen-bond acceptors (Lipinski definition) is 7. The highest BCUT2D eigenvalue weighted by Crippen LogP contribution is 2.40. The number of anilines is 3. The molecule has 0 radical (unpaired) electrons. The molecule has 186 valence electrons. The number of nitrogens with zero attached hydrogens (tertiary/aromatic N) is 3. The highest BCUT2D eigenvalue weighted by atomic mass is 16.5. The minimum absolute atomic E-state index is 0.00367. The molecule has 2 aromatic rings. The fourth-order valence-corrected chi connectivity index (χ4v) is 4.85. The molecule has 1 aromatic carbocycles. The van der Waals surface area contributed by atoms with Crippen molar-refractivity contribution in [3.05, 3.63) is 41.6 Å². The molecule has 3 amide bonds. The number of carbonyl (C=O) groups is 2. The van der Waals surface area contributed by atoms with Gasteiger partial charge in [-0.15, -0.1) is 0 Å². The number of methoxy groups -OCH3 is 2. The van der Waals surface area contributed by atoms with Crippen molar-refractivity contribution in [2.75, 3.05) is 29.8 Å². The largest absolute Gasteiger partial charge is 0.496 e. The fourth-order valence-electron chi connectivity index (χ4n) is 4.85. The molecule has 1 aliphatic carbocycles. The van der Waals surface area contributed by atoms with Gasteiger partial charge in [0.25, 0.3) is 0 Å². The minimum Gasteiger partial charge on any atom is -0.496 e. The van der Waals surface area contributed by atoms with Crippen molar-refractivity contribution in [3.63, 3.8) is 0 Å². The van der Waals surface area contributed by atoms with Gasteiger partial charge in [0.15, 0.2) is 0 Å². The lowest BCUT2D eigenvalue weighted by molar-refractivity contribution is -0.117. The van der Waals surface area contributed by atoms with Crippen LogP contribution in [0.2, 0.25) is 0 Å². The first-order valence-corrected chi connectivity index (χ1v) is 11.7. The van der Waals surface area contributed by atoms with Crippen LogP contribution in [0.1, 0.15) is 42.4 Å². The standard InChI is InChI=1S/C25H32N6O4/c1-6-21(32)27-17-9-7-8-10-18(17)28-24-26-12-16-13-31(25(33)30-23(16)29-24)22-14(2)19(34-4)11-20(35-5)15(22)3/h6,11-12,17-18H,1,7-10,13H2,2-5H3,(H,27,32)(H2,26,28,29,30,33). The van der Waals surface area contributed by atoms with Gasteiger partial charge >= 0.3 is 6.03 Å². The van der Waals surface area contributed by atoms with E-state index < -0.39 is 0 Å². The number of rotatable bonds is 7. The van der Waals surface area contributed by atoms with Crippen molar-refractivity contribution >= 4 is 29.4 Å². The Kier molecular flexibility index (Phi) is 7.09. The molecule has 2 unspecified atom stereocenters. The molecular formula is C25H32N6O4. The number of benzene rings is 1. The van der Waals surface area contributed by atoms with Crippen LogP contribution >= 0.6 is 0 Å². The third-order valence-electron chi connectivity index (χ3n) is 6.68. The van der Waals surface area contributed by atoms with Crippen LogP contribution in [0.5, 0.6) is 11.5 Å². The lowest BCUT2D eigenvalue weighted by atomic mass is 9.90. The molecule has 4 rings (SSSR count). The fraction of sp³-hybridized carbons (Fsp3) is 0.440. The number of aromatic nitrogens is 2. The van der Waals surface area contributed by atoms with Gasteiger partial charge in [-0.1, -0.05) is 19.4 Å². The van der Waals surface area contributed by atoms with Gasteiger partial charge in [0, 0.05) is 41.0 Å². The zero-order valence-electron chi connectivity index (χ0n) is 20.6. The summed E-state index contributed by atoms with van der Waals surface area (Å²) in [6, 6.07) is 1.49. The van der Waals surface area contributed by atoms with Crippen molar-refractivity contribution in [2.45, 2.75) is 58.2 Å². The smallest absolute Gasteiger partial charge is 0.327 e. The molecular weight excluding hydrogens is 448 g/mol. The molecule has 1 aromatic heterocycles. The Hall–Kier alpha value is -3.82. The summed E-state index contributed by atoms with van der Waals surface area (Å²) in [5, 5.41) is 9.24. The van der Waals surface area contributed by atoms with E-state index in [1.165, 1.54) is 6.08 Å². The van der Waals surface area contributed by atoms with Crippen LogP contribution in [0.15, 0.2) is 24.9 Å². The van der Waals surface area contributed by atoms with Crippen molar-refractivity contribution in [1.29, 1.82) is 0 Å². The molecule has 35 heavy (non-hydrogen) atoms. The summed E-state index contributed by atoms with van der Waals surface area (Å²) in [5.74, 6) is 1.97. The summed E-state index contributed by atoms with van der Waals surface area (Å²) in [5.41, 5.74) is 3.20. The number of nitrogens with one attached hydrogen (secondary N) is 3. The maximum absolute atomic E-state index is 13.2. The highest BCUT2D eigenvalue weighted by molar-refractivity contribution is 6.05. The zero-order chi connectivity index (χ0) is 25.1. The second-order valence-corrected chi connectivity index (χ2v) is 8.82. The van der Waals surface area contributed by atoms with Gasteiger partial charge in [-0.2, -0.15) is 4.98 Å². The van der Waals surface area contributed by atoms with E-state index in [1.807, 2.05) is 19.9 Å². The number of hydrogen-bond donors (Lipinski definition) is 3. The first-order valence-electron chi connectivity index (χ1n) is 11.7. The first kappa shape index (κ1) is 24.3. The Balaban J connectivity index is 1.57. The van der Waals surface area contributed by atoms with Crippen LogP contribution in [0.25, 0.3) is 0 Å². The Morgan fingerprint density at radius 1 is 1.17 bits per heavy atom. The molecule has 2 heterocycles. The van der Waals surface area contributed by atoms with Gasteiger partial charge in [-0.25, -0.2) is 9.78 Å². The number of carbonyl (C=O) groups excluding carboxylic acids is 2. The molecule has 2 aliphatic rings. The zero-order valence-corrected chi connectivity index (χ0v) is 20.6. The van der Waals surface area contributed by atoms with Crippen molar-refractivity contribution in [3.8, 4) is 11.5 Å². The topological polar surface area (TPSA) is 118 Å². The van der Waals surface area contributed by atoms with Gasteiger partial charge in [0.1, 0.15) is 17.3 Å². The minimum atomic E-state index is -0.294. The predicted octanol–water partition coefficient (Wildman–Crippen LogP) is 3.69. The van der Waals surface area contributed by atoms with Crippen molar-refractivity contribution in [1.82, 2.24) is 15.3 Å². The van der Waals surface area contributed by atoms with E-state index in [1.54, 1.807) is 25.3 Å². The van der Waals surface area contributed by atoms with Gasteiger partial charge in [-0.3, -0.25) is 15.0 Å². The van der Waals surface area contributed by atoms with E-state index in [0.29, 0.717) is 29.8 Å². The Morgan fingerprint density at radius 3 is 2.46 bits per heavy atom. The third kappa shape index (κ3) is 4.87.